The van der Waals surface area contributed by atoms with Crippen molar-refractivity contribution in [2.45, 2.75) is 39.2 Å². The minimum atomic E-state index is -1.31. The average molecular weight is 392 g/mol. The molecule has 7 heteroatoms. The molecule has 3 rings (SSSR count). The number of carbonyl (C=O) groups excluding carboxylic acids is 2. The van der Waals surface area contributed by atoms with Crippen LogP contribution in [0.15, 0.2) is 36.8 Å². The fourth-order valence-corrected chi connectivity index (χ4v) is 3.11. The molecule has 1 unspecified atom stereocenters. The van der Waals surface area contributed by atoms with Gasteiger partial charge in [0.1, 0.15) is 5.69 Å². The summed E-state index contributed by atoms with van der Waals surface area (Å²) in [5, 5.41) is 1.66. The van der Waals surface area contributed by atoms with Gasteiger partial charge in [0.2, 0.25) is 0 Å². The third-order valence-corrected chi connectivity index (χ3v) is 5.12. The fraction of sp³-hybridized carbons (Fsp3) is 0.318. The molecule has 150 valence electrons. The molecule has 0 aromatic carbocycles. The van der Waals surface area contributed by atoms with Crippen molar-refractivity contribution in [2.24, 2.45) is 5.73 Å². The SMILES string of the molecule is CCCC(=O)c1cc(C)c(-c2cc3cnc(C(C)(OC)C(N)=O)cc3cn2)cn1. The lowest BCUT2D eigenvalue weighted by molar-refractivity contribution is -0.139. The van der Waals surface area contributed by atoms with Crippen molar-refractivity contribution in [1.29, 1.82) is 0 Å². The molecule has 1 atom stereocenters. The number of aromatic nitrogens is 3. The molecule has 3 aromatic heterocycles. The molecular weight excluding hydrogens is 368 g/mol. The van der Waals surface area contributed by atoms with E-state index in [0.29, 0.717) is 17.8 Å². The van der Waals surface area contributed by atoms with Gasteiger partial charge in [-0.2, -0.15) is 0 Å². The number of primary amides is 1. The Hall–Kier alpha value is -3.19. The standard InChI is InChI=1S/C22H24N4O3/c1-5-6-19(27)18-7-13(2)16(12-25-18)17-8-14-11-26-20(9-15(14)10-24-17)22(3,29-4)21(23)28/h7-12H,5-6H2,1-4H3,(H2,23,28). The largest absolute Gasteiger partial charge is 0.367 e. The van der Waals surface area contributed by atoms with E-state index in [4.69, 9.17) is 10.5 Å². The number of amides is 1. The Balaban J connectivity index is 2.00. The molecule has 3 aromatic rings. The van der Waals surface area contributed by atoms with E-state index in [1.807, 2.05) is 19.9 Å². The van der Waals surface area contributed by atoms with Gasteiger partial charge in [-0.25, -0.2) is 0 Å². The zero-order chi connectivity index (χ0) is 21.2. The first-order valence-corrected chi connectivity index (χ1v) is 9.41. The van der Waals surface area contributed by atoms with Crippen LogP contribution in [0.25, 0.3) is 22.0 Å². The number of rotatable bonds is 7. The number of hydrogen-bond acceptors (Lipinski definition) is 6. The van der Waals surface area contributed by atoms with Gasteiger partial charge in [0.15, 0.2) is 11.4 Å². The third-order valence-electron chi connectivity index (χ3n) is 5.12. The summed E-state index contributed by atoms with van der Waals surface area (Å²) >= 11 is 0. The molecule has 7 nitrogen and oxygen atoms in total. The maximum absolute atomic E-state index is 12.1. The van der Waals surface area contributed by atoms with Crippen LogP contribution in [-0.2, 0) is 15.1 Å². The summed E-state index contributed by atoms with van der Waals surface area (Å²) in [6.45, 7) is 5.49. The molecule has 3 heterocycles. The molecule has 0 aliphatic heterocycles. The lowest BCUT2D eigenvalue weighted by atomic mass is 9.98. The molecule has 0 spiro atoms. The van der Waals surface area contributed by atoms with E-state index in [2.05, 4.69) is 15.0 Å². The number of methoxy groups -OCH3 is 1. The third kappa shape index (κ3) is 3.86. The van der Waals surface area contributed by atoms with Crippen LogP contribution in [0, 0.1) is 6.92 Å². The number of ether oxygens (including phenoxy) is 1. The van der Waals surface area contributed by atoms with Gasteiger partial charge < -0.3 is 10.5 Å². The van der Waals surface area contributed by atoms with Crippen LogP contribution in [0.2, 0.25) is 0 Å². The molecule has 0 bridgehead atoms. The van der Waals surface area contributed by atoms with Gasteiger partial charge in [-0.3, -0.25) is 24.5 Å². The summed E-state index contributed by atoms with van der Waals surface area (Å²) < 4.78 is 5.30. The molecule has 29 heavy (non-hydrogen) atoms. The Bertz CT molecular complexity index is 1100. The van der Waals surface area contributed by atoms with Crippen LogP contribution < -0.4 is 5.73 Å². The predicted molar refractivity (Wildman–Crippen MR) is 110 cm³/mol. The van der Waals surface area contributed by atoms with Gasteiger partial charge in [0.25, 0.3) is 5.91 Å². The Morgan fingerprint density at radius 1 is 1.07 bits per heavy atom. The van der Waals surface area contributed by atoms with E-state index in [1.54, 1.807) is 37.6 Å². The number of nitrogens with two attached hydrogens (primary N) is 1. The van der Waals surface area contributed by atoms with Crippen molar-refractivity contribution in [1.82, 2.24) is 15.0 Å². The average Bonchev–Trinajstić information content (AvgIpc) is 2.72. The molecule has 0 fully saturated rings. The quantitative estimate of drug-likeness (QED) is 0.618. The summed E-state index contributed by atoms with van der Waals surface area (Å²) in [4.78, 5) is 37.1. The monoisotopic (exact) mass is 392 g/mol. The number of Topliss-reactive ketones (excluding diaryl/α,β-unsaturated/α-hetero) is 1. The van der Waals surface area contributed by atoms with Crippen molar-refractivity contribution in [3.63, 3.8) is 0 Å². The Morgan fingerprint density at radius 2 is 1.76 bits per heavy atom. The highest BCUT2D eigenvalue weighted by atomic mass is 16.5. The number of carbonyl (C=O) groups is 2. The van der Waals surface area contributed by atoms with Gasteiger partial charge in [-0.1, -0.05) is 6.92 Å². The Labute approximate surface area is 169 Å². The van der Waals surface area contributed by atoms with Gasteiger partial charge in [0, 0.05) is 48.5 Å². The van der Waals surface area contributed by atoms with Crippen LogP contribution in [0.3, 0.4) is 0 Å². The molecule has 1 amide bonds. The summed E-state index contributed by atoms with van der Waals surface area (Å²) in [6.07, 6.45) is 6.34. The van der Waals surface area contributed by atoms with E-state index in [0.717, 1.165) is 34.0 Å². The molecule has 0 saturated carbocycles. The van der Waals surface area contributed by atoms with Gasteiger partial charge in [0.05, 0.1) is 11.4 Å². The van der Waals surface area contributed by atoms with E-state index < -0.39 is 11.5 Å². The summed E-state index contributed by atoms with van der Waals surface area (Å²) in [6, 6.07) is 5.45. The van der Waals surface area contributed by atoms with Crippen molar-refractivity contribution in [3.05, 3.63) is 53.7 Å². The van der Waals surface area contributed by atoms with Crippen LogP contribution in [0.1, 0.15) is 48.4 Å². The molecule has 0 aliphatic rings. The second kappa shape index (κ2) is 8.05. The second-order valence-corrected chi connectivity index (χ2v) is 7.15. The molecule has 0 radical (unpaired) electrons. The minimum Gasteiger partial charge on any atom is -0.367 e. The predicted octanol–water partition coefficient (Wildman–Crippen LogP) is 3.33. The number of ketones is 1. The highest BCUT2D eigenvalue weighted by Gasteiger charge is 2.34. The highest BCUT2D eigenvalue weighted by molar-refractivity contribution is 5.95. The Morgan fingerprint density at radius 3 is 2.38 bits per heavy atom. The zero-order valence-electron chi connectivity index (χ0n) is 17.0. The Kier molecular flexibility index (Phi) is 5.70. The fourth-order valence-electron chi connectivity index (χ4n) is 3.11. The molecule has 2 N–H and O–H groups in total. The lowest BCUT2D eigenvalue weighted by Gasteiger charge is -2.23. The summed E-state index contributed by atoms with van der Waals surface area (Å²) in [7, 11) is 1.42. The molecular formula is C22H24N4O3. The van der Waals surface area contributed by atoms with Crippen molar-refractivity contribution in [2.75, 3.05) is 7.11 Å². The summed E-state index contributed by atoms with van der Waals surface area (Å²) in [5.74, 6) is -0.572. The van der Waals surface area contributed by atoms with Crippen LogP contribution in [0.4, 0.5) is 0 Å². The topological polar surface area (TPSA) is 108 Å². The van der Waals surface area contributed by atoms with Crippen molar-refractivity contribution in [3.8, 4) is 11.3 Å². The maximum Gasteiger partial charge on any atom is 0.255 e. The smallest absolute Gasteiger partial charge is 0.255 e. The van der Waals surface area contributed by atoms with E-state index in [9.17, 15) is 9.59 Å². The second-order valence-electron chi connectivity index (χ2n) is 7.15. The van der Waals surface area contributed by atoms with E-state index in [1.165, 1.54) is 7.11 Å². The van der Waals surface area contributed by atoms with E-state index >= 15 is 0 Å². The van der Waals surface area contributed by atoms with Crippen LogP contribution >= 0.6 is 0 Å². The lowest BCUT2D eigenvalue weighted by Crippen LogP contribution is -2.40. The van der Waals surface area contributed by atoms with Crippen molar-refractivity contribution >= 4 is 22.5 Å². The molecule has 0 aliphatic carbocycles. The van der Waals surface area contributed by atoms with Gasteiger partial charge in [-0.05, 0) is 44.0 Å². The molecule has 0 saturated heterocycles. The normalized spacial score (nSPS) is 13.2. The van der Waals surface area contributed by atoms with Gasteiger partial charge >= 0.3 is 0 Å². The first kappa shape index (κ1) is 20.5. The maximum atomic E-state index is 12.1. The van der Waals surface area contributed by atoms with E-state index in [-0.39, 0.29) is 5.78 Å². The number of hydrogen-bond donors (Lipinski definition) is 1. The number of nitrogens with zero attached hydrogens (tertiary/aromatic N) is 3. The van der Waals surface area contributed by atoms with Crippen molar-refractivity contribution < 1.29 is 14.3 Å². The number of pyridine rings is 3. The first-order valence-electron chi connectivity index (χ1n) is 9.41. The zero-order valence-corrected chi connectivity index (χ0v) is 17.0. The summed E-state index contributed by atoms with van der Waals surface area (Å²) in [5.41, 5.74) is 7.57. The van der Waals surface area contributed by atoms with Gasteiger partial charge in [-0.15, -0.1) is 0 Å². The number of fused-ring (bicyclic) bond motifs is 1. The highest BCUT2D eigenvalue weighted by Crippen LogP contribution is 2.28. The van der Waals surface area contributed by atoms with Crippen LogP contribution in [-0.4, -0.2) is 33.8 Å². The first-order chi connectivity index (χ1) is 13.8. The number of aryl methyl sites for hydroxylation is 1. The van der Waals surface area contributed by atoms with Crippen LogP contribution in [0.5, 0.6) is 0 Å². The minimum absolute atomic E-state index is 0.0426.